The van der Waals surface area contributed by atoms with Gasteiger partial charge in [0.05, 0.1) is 11.7 Å². The van der Waals surface area contributed by atoms with Crippen LogP contribution in [0.4, 0.5) is 5.69 Å². The molecule has 0 radical (unpaired) electrons. The Hall–Kier alpha value is -2.34. The topological polar surface area (TPSA) is 58.6 Å². The average molecular weight is 405 g/mol. The fourth-order valence-electron chi connectivity index (χ4n) is 2.22. The number of carbonyl (C=O) groups is 2. The number of anilines is 1. The molecule has 0 spiro atoms. The third-order valence-corrected chi connectivity index (χ3v) is 3.82. The monoisotopic (exact) mass is 404 g/mol. The highest BCUT2D eigenvalue weighted by Crippen LogP contribution is 2.25. The molecule has 0 aliphatic carbocycles. The van der Waals surface area contributed by atoms with Gasteiger partial charge in [-0.25, -0.2) is 0 Å². The predicted octanol–water partition coefficient (Wildman–Crippen LogP) is 4.19. The van der Waals surface area contributed by atoms with Crippen molar-refractivity contribution in [3.05, 3.63) is 58.1 Å². The lowest BCUT2D eigenvalue weighted by Gasteiger charge is -2.15. The van der Waals surface area contributed by atoms with E-state index in [1.54, 1.807) is 50.5 Å². The van der Waals surface area contributed by atoms with Crippen molar-refractivity contribution in [3.63, 3.8) is 0 Å². The molecular weight excluding hydrogens is 384 g/mol. The lowest BCUT2D eigenvalue weighted by molar-refractivity contribution is 0.0827. The van der Waals surface area contributed by atoms with Crippen LogP contribution in [0.5, 0.6) is 5.75 Å². The van der Waals surface area contributed by atoms with Crippen LogP contribution in [0.2, 0.25) is 0 Å². The molecule has 132 valence electrons. The molecule has 25 heavy (non-hydrogen) atoms. The van der Waals surface area contributed by atoms with E-state index in [0.29, 0.717) is 22.6 Å². The van der Waals surface area contributed by atoms with Gasteiger partial charge in [0, 0.05) is 29.8 Å². The highest BCUT2D eigenvalue weighted by Gasteiger charge is 2.16. The van der Waals surface area contributed by atoms with E-state index in [2.05, 4.69) is 21.2 Å². The standard InChI is InChI=1S/C19H21BrN2O3/c1-12(2)25-17-9-8-14(20)11-16(17)18(23)21-15-7-5-6-13(10-15)19(24)22(3)4/h5-12H,1-4H3,(H,21,23). The number of halogens is 1. The molecule has 2 aromatic rings. The summed E-state index contributed by atoms with van der Waals surface area (Å²) in [4.78, 5) is 26.2. The van der Waals surface area contributed by atoms with Gasteiger partial charge in [-0.3, -0.25) is 9.59 Å². The van der Waals surface area contributed by atoms with Gasteiger partial charge in [-0.05, 0) is 50.2 Å². The zero-order valence-electron chi connectivity index (χ0n) is 14.7. The van der Waals surface area contributed by atoms with E-state index in [9.17, 15) is 9.59 Å². The van der Waals surface area contributed by atoms with Gasteiger partial charge in [-0.15, -0.1) is 0 Å². The Morgan fingerprint density at radius 3 is 2.48 bits per heavy atom. The van der Waals surface area contributed by atoms with Crippen molar-refractivity contribution in [1.29, 1.82) is 0 Å². The molecule has 2 aromatic carbocycles. The number of benzene rings is 2. The van der Waals surface area contributed by atoms with Crippen LogP contribution < -0.4 is 10.1 Å². The van der Waals surface area contributed by atoms with Crippen LogP contribution in [0.25, 0.3) is 0 Å². The fourth-order valence-corrected chi connectivity index (χ4v) is 2.58. The molecule has 0 fully saturated rings. The first-order chi connectivity index (χ1) is 11.8. The smallest absolute Gasteiger partial charge is 0.259 e. The summed E-state index contributed by atoms with van der Waals surface area (Å²) < 4.78 is 6.49. The number of nitrogens with one attached hydrogen (secondary N) is 1. The van der Waals surface area contributed by atoms with Crippen LogP contribution in [0.3, 0.4) is 0 Å². The number of hydrogen-bond acceptors (Lipinski definition) is 3. The molecule has 0 saturated heterocycles. The number of amides is 2. The van der Waals surface area contributed by atoms with E-state index in [1.807, 2.05) is 19.9 Å². The summed E-state index contributed by atoms with van der Waals surface area (Å²) in [5.41, 5.74) is 1.48. The summed E-state index contributed by atoms with van der Waals surface area (Å²) in [6.07, 6.45) is -0.0474. The molecule has 0 aliphatic heterocycles. The second-order valence-corrected chi connectivity index (χ2v) is 6.96. The molecule has 2 amide bonds. The molecule has 0 unspecified atom stereocenters. The first-order valence-corrected chi connectivity index (χ1v) is 8.66. The van der Waals surface area contributed by atoms with Crippen LogP contribution in [0, 0.1) is 0 Å². The number of nitrogens with zero attached hydrogens (tertiary/aromatic N) is 1. The van der Waals surface area contributed by atoms with Crippen molar-refractivity contribution in [2.45, 2.75) is 20.0 Å². The van der Waals surface area contributed by atoms with Gasteiger partial charge in [0.1, 0.15) is 5.75 Å². The normalized spacial score (nSPS) is 10.5. The lowest BCUT2D eigenvalue weighted by Crippen LogP contribution is -2.22. The van der Waals surface area contributed by atoms with Gasteiger partial charge in [0.2, 0.25) is 0 Å². The molecule has 2 rings (SSSR count). The molecule has 0 atom stereocenters. The first-order valence-electron chi connectivity index (χ1n) is 7.87. The van der Waals surface area contributed by atoms with Crippen molar-refractivity contribution in [3.8, 4) is 5.75 Å². The van der Waals surface area contributed by atoms with Crippen molar-refractivity contribution >= 4 is 33.4 Å². The average Bonchev–Trinajstić information content (AvgIpc) is 2.55. The van der Waals surface area contributed by atoms with Gasteiger partial charge in [0.15, 0.2) is 0 Å². The number of ether oxygens (including phenoxy) is 1. The maximum Gasteiger partial charge on any atom is 0.259 e. The maximum atomic E-state index is 12.7. The van der Waals surface area contributed by atoms with E-state index >= 15 is 0 Å². The van der Waals surface area contributed by atoms with Crippen molar-refractivity contribution < 1.29 is 14.3 Å². The SMILES string of the molecule is CC(C)Oc1ccc(Br)cc1C(=O)Nc1cccc(C(=O)N(C)C)c1. The lowest BCUT2D eigenvalue weighted by atomic mass is 10.1. The van der Waals surface area contributed by atoms with Crippen LogP contribution in [0.15, 0.2) is 46.9 Å². The van der Waals surface area contributed by atoms with E-state index in [-0.39, 0.29) is 17.9 Å². The molecule has 0 aromatic heterocycles. The fraction of sp³-hybridized carbons (Fsp3) is 0.263. The Labute approximate surface area is 156 Å². The Bertz CT molecular complexity index is 788. The number of hydrogen-bond donors (Lipinski definition) is 1. The van der Waals surface area contributed by atoms with Crippen LogP contribution in [-0.2, 0) is 0 Å². The van der Waals surface area contributed by atoms with Crippen LogP contribution >= 0.6 is 15.9 Å². The number of carbonyl (C=O) groups excluding carboxylic acids is 2. The zero-order valence-corrected chi connectivity index (χ0v) is 16.3. The highest BCUT2D eigenvalue weighted by atomic mass is 79.9. The highest BCUT2D eigenvalue weighted by molar-refractivity contribution is 9.10. The molecular formula is C19H21BrN2O3. The third-order valence-electron chi connectivity index (χ3n) is 3.32. The Kier molecular flexibility index (Phi) is 6.20. The van der Waals surface area contributed by atoms with Crippen molar-refractivity contribution in [2.75, 3.05) is 19.4 Å². The van der Waals surface area contributed by atoms with Crippen LogP contribution in [0.1, 0.15) is 34.6 Å². The number of rotatable bonds is 5. The van der Waals surface area contributed by atoms with Gasteiger partial charge in [-0.1, -0.05) is 22.0 Å². The minimum absolute atomic E-state index is 0.0474. The first kappa shape index (κ1) is 19.0. The molecule has 1 N–H and O–H groups in total. The van der Waals surface area contributed by atoms with E-state index in [4.69, 9.17) is 4.74 Å². The molecule has 0 aliphatic rings. The summed E-state index contributed by atoms with van der Waals surface area (Å²) in [6.45, 7) is 3.81. The Morgan fingerprint density at radius 2 is 1.84 bits per heavy atom. The zero-order chi connectivity index (χ0) is 18.6. The van der Waals surface area contributed by atoms with Gasteiger partial charge in [0.25, 0.3) is 11.8 Å². The van der Waals surface area contributed by atoms with Crippen LogP contribution in [-0.4, -0.2) is 36.9 Å². The van der Waals surface area contributed by atoms with Crippen molar-refractivity contribution in [2.24, 2.45) is 0 Å². The quantitative estimate of drug-likeness (QED) is 0.812. The summed E-state index contributed by atoms with van der Waals surface area (Å²) in [7, 11) is 3.37. The van der Waals surface area contributed by atoms with Gasteiger partial charge in [-0.2, -0.15) is 0 Å². The van der Waals surface area contributed by atoms with E-state index in [0.717, 1.165) is 4.47 Å². The summed E-state index contributed by atoms with van der Waals surface area (Å²) in [6, 6.07) is 12.1. The minimum atomic E-state index is -0.300. The summed E-state index contributed by atoms with van der Waals surface area (Å²) >= 11 is 3.38. The Morgan fingerprint density at radius 1 is 1.12 bits per heavy atom. The van der Waals surface area contributed by atoms with E-state index in [1.165, 1.54) is 4.90 Å². The minimum Gasteiger partial charge on any atom is -0.490 e. The van der Waals surface area contributed by atoms with Crippen molar-refractivity contribution in [1.82, 2.24) is 4.90 Å². The second kappa shape index (κ2) is 8.16. The molecule has 0 heterocycles. The molecule has 5 nitrogen and oxygen atoms in total. The largest absolute Gasteiger partial charge is 0.490 e. The predicted molar refractivity (Wildman–Crippen MR) is 102 cm³/mol. The second-order valence-electron chi connectivity index (χ2n) is 6.04. The molecule has 0 bridgehead atoms. The Balaban J connectivity index is 2.27. The third kappa shape index (κ3) is 5.06. The van der Waals surface area contributed by atoms with Gasteiger partial charge >= 0.3 is 0 Å². The van der Waals surface area contributed by atoms with E-state index < -0.39 is 0 Å². The maximum absolute atomic E-state index is 12.7. The molecule has 6 heteroatoms. The summed E-state index contributed by atoms with van der Waals surface area (Å²) in [5, 5.41) is 2.82. The molecule has 0 saturated carbocycles. The summed E-state index contributed by atoms with van der Waals surface area (Å²) in [5.74, 6) is 0.0880. The van der Waals surface area contributed by atoms with Gasteiger partial charge < -0.3 is 15.0 Å².